The molecule has 3 N–H and O–H groups in total. The molecular formula is C8H13N3O4S. The Morgan fingerprint density at radius 1 is 1.50 bits per heavy atom. The van der Waals surface area contributed by atoms with E-state index in [1.165, 1.54) is 0 Å². The second-order valence-corrected chi connectivity index (χ2v) is 5.45. The van der Waals surface area contributed by atoms with Gasteiger partial charge in [-0.25, -0.2) is 8.42 Å². The van der Waals surface area contributed by atoms with E-state index in [1.807, 2.05) is 0 Å². The quantitative estimate of drug-likeness (QED) is 0.705. The van der Waals surface area contributed by atoms with Crippen LogP contribution in [0.1, 0.15) is 18.2 Å². The van der Waals surface area contributed by atoms with Crippen LogP contribution in [-0.4, -0.2) is 34.9 Å². The molecule has 90 valence electrons. The van der Waals surface area contributed by atoms with Gasteiger partial charge in [0.05, 0.1) is 0 Å². The summed E-state index contributed by atoms with van der Waals surface area (Å²) < 4.78 is 25.3. The molecule has 0 aliphatic carbocycles. The van der Waals surface area contributed by atoms with Crippen LogP contribution >= 0.6 is 0 Å². The van der Waals surface area contributed by atoms with Crippen LogP contribution in [0.4, 0.5) is 5.82 Å². The van der Waals surface area contributed by atoms with Crippen LogP contribution in [0.15, 0.2) is 0 Å². The zero-order valence-corrected chi connectivity index (χ0v) is 9.92. The van der Waals surface area contributed by atoms with Gasteiger partial charge in [0.15, 0.2) is 11.1 Å². The van der Waals surface area contributed by atoms with Crippen molar-refractivity contribution in [2.75, 3.05) is 4.72 Å². The summed E-state index contributed by atoms with van der Waals surface area (Å²) in [6.45, 7) is 4.52. The highest BCUT2D eigenvalue weighted by molar-refractivity contribution is 7.94. The molecule has 0 aliphatic rings. The molecule has 1 heterocycles. The van der Waals surface area contributed by atoms with Crippen molar-refractivity contribution in [2.24, 2.45) is 0 Å². The second-order valence-electron chi connectivity index (χ2n) is 3.45. The lowest BCUT2D eigenvalue weighted by Crippen LogP contribution is -2.32. The number of carboxylic acids is 1. The molecule has 0 amide bonds. The third-order valence-electron chi connectivity index (χ3n) is 2.31. The number of carboxylic acid groups (broad SMARTS) is 1. The number of sulfonamides is 1. The molecule has 16 heavy (non-hydrogen) atoms. The number of anilines is 1. The average Bonchev–Trinajstić information content (AvgIpc) is 2.48. The predicted octanol–water partition coefficient (Wildman–Crippen LogP) is 0.241. The molecular weight excluding hydrogens is 234 g/mol. The van der Waals surface area contributed by atoms with Gasteiger partial charge in [-0.1, -0.05) is 0 Å². The molecule has 8 heteroatoms. The molecule has 0 saturated heterocycles. The van der Waals surface area contributed by atoms with Crippen molar-refractivity contribution in [3.05, 3.63) is 11.3 Å². The number of hydrogen-bond acceptors (Lipinski definition) is 4. The van der Waals surface area contributed by atoms with E-state index >= 15 is 0 Å². The van der Waals surface area contributed by atoms with Crippen molar-refractivity contribution in [2.45, 2.75) is 26.0 Å². The fraction of sp³-hybridized carbons (Fsp3) is 0.500. The number of aryl methyl sites for hydroxylation is 1. The third kappa shape index (κ3) is 2.32. The van der Waals surface area contributed by atoms with Crippen molar-refractivity contribution in [1.82, 2.24) is 10.2 Å². The molecule has 1 atom stereocenters. The number of carbonyl (C=O) groups is 1. The normalized spacial score (nSPS) is 13.4. The smallest absolute Gasteiger partial charge is 0.323 e. The SMILES string of the molecule is Cc1[nH]nc(NS(=O)(=O)C(C)C(=O)O)c1C. The first kappa shape index (κ1) is 12.5. The third-order valence-corrected chi connectivity index (χ3v) is 3.92. The van der Waals surface area contributed by atoms with Gasteiger partial charge < -0.3 is 5.11 Å². The monoisotopic (exact) mass is 247 g/mol. The van der Waals surface area contributed by atoms with Crippen LogP contribution < -0.4 is 4.72 Å². The van der Waals surface area contributed by atoms with Crippen LogP contribution in [0.25, 0.3) is 0 Å². The molecule has 1 rings (SSSR count). The van der Waals surface area contributed by atoms with Crippen LogP contribution in [0.2, 0.25) is 0 Å². The maximum atomic E-state index is 11.6. The Morgan fingerprint density at radius 3 is 2.44 bits per heavy atom. The Labute approximate surface area is 92.9 Å². The van der Waals surface area contributed by atoms with E-state index in [1.54, 1.807) is 13.8 Å². The molecule has 0 fully saturated rings. The van der Waals surface area contributed by atoms with Gasteiger partial charge in [0, 0.05) is 11.3 Å². The van der Waals surface area contributed by atoms with Crippen molar-refractivity contribution >= 4 is 21.8 Å². The molecule has 0 aliphatic heterocycles. The van der Waals surface area contributed by atoms with E-state index in [-0.39, 0.29) is 5.82 Å². The summed E-state index contributed by atoms with van der Waals surface area (Å²) in [5, 5.41) is 13.4. The van der Waals surface area contributed by atoms with Crippen molar-refractivity contribution in [1.29, 1.82) is 0 Å². The van der Waals surface area contributed by atoms with Gasteiger partial charge in [-0.2, -0.15) is 5.10 Å². The van der Waals surface area contributed by atoms with Crippen LogP contribution in [-0.2, 0) is 14.8 Å². The summed E-state index contributed by atoms with van der Waals surface area (Å²) in [5.74, 6) is -1.27. The molecule has 0 radical (unpaired) electrons. The van der Waals surface area contributed by atoms with E-state index in [2.05, 4.69) is 14.9 Å². The summed E-state index contributed by atoms with van der Waals surface area (Å²) in [6.07, 6.45) is 0. The Morgan fingerprint density at radius 2 is 2.06 bits per heavy atom. The van der Waals surface area contributed by atoms with Crippen molar-refractivity contribution in [3.8, 4) is 0 Å². The molecule has 1 aromatic heterocycles. The Hall–Kier alpha value is -1.57. The highest BCUT2D eigenvalue weighted by Gasteiger charge is 2.28. The van der Waals surface area contributed by atoms with Gasteiger partial charge in [-0.15, -0.1) is 0 Å². The van der Waals surface area contributed by atoms with Crippen LogP contribution in [0, 0.1) is 13.8 Å². The zero-order chi connectivity index (χ0) is 12.5. The minimum Gasteiger partial charge on any atom is -0.480 e. The summed E-state index contributed by atoms with van der Waals surface area (Å²) in [4.78, 5) is 10.6. The number of hydrogen-bond donors (Lipinski definition) is 3. The Bertz CT molecular complexity index is 505. The molecule has 0 aromatic carbocycles. The number of H-pyrrole nitrogens is 1. The summed E-state index contributed by atoms with van der Waals surface area (Å²) in [6, 6.07) is 0. The summed E-state index contributed by atoms with van der Waals surface area (Å²) >= 11 is 0. The maximum Gasteiger partial charge on any atom is 0.323 e. The summed E-state index contributed by atoms with van der Waals surface area (Å²) in [7, 11) is -3.95. The van der Waals surface area contributed by atoms with Gasteiger partial charge in [0.1, 0.15) is 0 Å². The molecule has 0 saturated carbocycles. The zero-order valence-electron chi connectivity index (χ0n) is 9.10. The molecule has 0 spiro atoms. The lowest BCUT2D eigenvalue weighted by atomic mass is 10.3. The van der Waals surface area contributed by atoms with Crippen LogP contribution in [0.5, 0.6) is 0 Å². The lowest BCUT2D eigenvalue weighted by molar-refractivity contribution is -0.136. The minimum absolute atomic E-state index is 0.130. The number of aromatic amines is 1. The lowest BCUT2D eigenvalue weighted by Gasteiger charge is -2.09. The predicted molar refractivity (Wildman–Crippen MR) is 57.7 cm³/mol. The maximum absolute atomic E-state index is 11.6. The van der Waals surface area contributed by atoms with Gasteiger partial charge in [-0.3, -0.25) is 14.6 Å². The van der Waals surface area contributed by atoms with Crippen molar-refractivity contribution in [3.63, 3.8) is 0 Å². The number of nitrogens with one attached hydrogen (secondary N) is 2. The Balaban J connectivity index is 2.98. The average molecular weight is 247 g/mol. The van der Waals surface area contributed by atoms with E-state index in [0.717, 1.165) is 12.6 Å². The number of aliphatic carboxylic acids is 1. The highest BCUT2D eigenvalue weighted by Crippen LogP contribution is 2.16. The van der Waals surface area contributed by atoms with E-state index in [9.17, 15) is 13.2 Å². The first-order valence-corrected chi connectivity index (χ1v) is 6.06. The summed E-state index contributed by atoms with van der Waals surface area (Å²) in [5.41, 5.74) is 1.36. The first-order chi connectivity index (χ1) is 7.25. The van der Waals surface area contributed by atoms with E-state index in [0.29, 0.717) is 5.56 Å². The Kier molecular flexibility index (Phi) is 3.22. The van der Waals surface area contributed by atoms with Gasteiger partial charge >= 0.3 is 5.97 Å². The van der Waals surface area contributed by atoms with Gasteiger partial charge in [-0.05, 0) is 20.8 Å². The fourth-order valence-corrected chi connectivity index (χ4v) is 1.85. The topological polar surface area (TPSA) is 112 Å². The molecule has 7 nitrogen and oxygen atoms in total. The van der Waals surface area contributed by atoms with E-state index < -0.39 is 21.2 Å². The number of aromatic nitrogens is 2. The minimum atomic E-state index is -3.95. The van der Waals surface area contributed by atoms with Gasteiger partial charge in [0.25, 0.3) is 0 Å². The molecule has 1 aromatic rings. The largest absolute Gasteiger partial charge is 0.480 e. The van der Waals surface area contributed by atoms with Crippen LogP contribution in [0.3, 0.4) is 0 Å². The molecule has 0 bridgehead atoms. The van der Waals surface area contributed by atoms with Gasteiger partial charge in [0.2, 0.25) is 10.0 Å². The first-order valence-electron chi connectivity index (χ1n) is 4.51. The van der Waals surface area contributed by atoms with E-state index in [4.69, 9.17) is 5.11 Å². The number of rotatable bonds is 4. The second kappa shape index (κ2) is 4.12. The van der Waals surface area contributed by atoms with Crippen molar-refractivity contribution < 1.29 is 18.3 Å². The standard InChI is InChI=1S/C8H13N3O4S/c1-4-5(2)9-10-7(4)11-16(14,15)6(3)8(12)13/h6H,1-3H3,(H,12,13)(H2,9,10,11). The highest BCUT2D eigenvalue weighted by atomic mass is 32.2. The fourth-order valence-electron chi connectivity index (χ4n) is 0.940. The molecule has 1 unspecified atom stereocenters. The number of nitrogens with zero attached hydrogens (tertiary/aromatic N) is 1.